The molecular formula is C14H8ClN5O4S2. The van der Waals surface area contributed by atoms with E-state index in [-0.39, 0.29) is 16.5 Å². The Morgan fingerprint density at radius 1 is 1.08 bits per heavy atom. The summed E-state index contributed by atoms with van der Waals surface area (Å²) in [7, 11) is 2.49. The molecule has 0 aliphatic carbocycles. The largest absolute Gasteiger partial charge is 0.348 e. The molecule has 0 saturated heterocycles. The molecule has 132 valence electrons. The first-order valence-corrected chi connectivity index (χ1v) is 9.39. The summed E-state index contributed by atoms with van der Waals surface area (Å²) in [6.45, 7) is 0. The molecule has 0 aliphatic heterocycles. The van der Waals surface area contributed by atoms with E-state index < -0.39 is 15.5 Å². The maximum Gasteiger partial charge on any atom is 0.299 e. The quantitative estimate of drug-likeness (QED) is 0.371. The van der Waals surface area contributed by atoms with E-state index in [1.165, 1.54) is 33.0 Å². The maximum atomic E-state index is 11.3. The molecule has 0 radical (unpaired) electrons. The highest BCUT2D eigenvalue weighted by Crippen LogP contribution is 2.34. The summed E-state index contributed by atoms with van der Waals surface area (Å²) in [5.41, 5.74) is 0.323. The molecule has 0 unspecified atom stereocenters. The molecule has 0 amide bonds. The van der Waals surface area contributed by atoms with E-state index in [1.54, 1.807) is 24.3 Å². The zero-order valence-electron chi connectivity index (χ0n) is 12.7. The lowest BCUT2D eigenvalue weighted by Crippen LogP contribution is -2.00. The minimum atomic E-state index is -0.687. The third kappa shape index (κ3) is 3.85. The first-order valence-electron chi connectivity index (χ1n) is 6.91. The van der Waals surface area contributed by atoms with Crippen LogP contribution in [-0.4, -0.2) is 14.2 Å². The molecule has 3 aromatic rings. The predicted molar refractivity (Wildman–Crippen MR) is 99.7 cm³/mol. The monoisotopic (exact) mass is 409 g/mol. The van der Waals surface area contributed by atoms with Gasteiger partial charge < -0.3 is 5.32 Å². The lowest BCUT2D eigenvalue weighted by molar-refractivity contribution is -0.393. The van der Waals surface area contributed by atoms with E-state index in [4.69, 9.17) is 11.6 Å². The summed E-state index contributed by atoms with van der Waals surface area (Å²) in [6, 6.07) is 10.3. The van der Waals surface area contributed by atoms with Gasteiger partial charge >= 0.3 is 0 Å². The van der Waals surface area contributed by atoms with Crippen LogP contribution in [0, 0.1) is 20.2 Å². The third-order valence-electron chi connectivity index (χ3n) is 3.19. The summed E-state index contributed by atoms with van der Waals surface area (Å²) in [4.78, 5) is 25.1. The van der Waals surface area contributed by atoms with Crippen LogP contribution in [0.4, 0.5) is 28.4 Å². The van der Waals surface area contributed by atoms with Gasteiger partial charge in [-0.05, 0) is 28.5 Å². The number of nitrogens with one attached hydrogen (secondary N) is 1. The second kappa shape index (κ2) is 7.56. The number of anilines is 2. The molecule has 2 aromatic carbocycles. The Hall–Kier alpha value is -2.89. The number of para-hydroxylation sites is 2. The van der Waals surface area contributed by atoms with Gasteiger partial charge in [0, 0.05) is 16.6 Å². The fraction of sp³-hybridized carbons (Fsp3) is 0. The van der Waals surface area contributed by atoms with E-state index in [0.717, 1.165) is 6.07 Å². The van der Waals surface area contributed by atoms with Crippen LogP contribution in [0.1, 0.15) is 0 Å². The molecule has 0 saturated carbocycles. The average Bonchev–Trinajstić information content (AvgIpc) is 3.01. The van der Waals surface area contributed by atoms with Crippen molar-refractivity contribution in [3.8, 4) is 0 Å². The summed E-state index contributed by atoms with van der Waals surface area (Å²) in [5.74, 6) is 0. The molecule has 0 spiro atoms. The number of hydrogen-bond acceptors (Lipinski definition) is 9. The van der Waals surface area contributed by atoms with Gasteiger partial charge in [-0.15, -0.1) is 0 Å². The van der Waals surface area contributed by atoms with Gasteiger partial charge in [-0.2, -0.15) is 4.37 Å². The highest BCUT2D eigenvalue weighted by atomic mass is 35.5. The van der Waals surface area contributed by atoms with E-state index >= 15 is 0 Å². The van der Waals surface area contributed by atoms with Crippen LogP contribution < -0.4 is 9.99 Å². The first-order chi connectivity index (χ1) is 12.5. The van der Waals surface area contributed by atoms with Crippen LogP contribution in [0.15, 0.2) is 47.5 Å². The molecule has 9 nitrogen and oxygen atoms in total. The van der Waals surface area contributed by atoms with Crippen LogP contribution in [0.2, 0.25) is 5.15 Å². The van der Waals surface area contributed by atoms with Crippen molar-refractivity contribution < 1.29 is 9.85 Å². The summed E-state index contributed by atoms with van der Waals surface area (Å²) < 4.78 is 4.47. The Kier molecular flexibility index (Phi) is 5.21. The zero-order valence-corrected chi connectivity index (χ0v) is 15.0. The van der Waals surface area contributed by atoms with E-state index in [9.17, 15) is 20.2 Å². The van der Waals surface area contributed by atoms with Crippen molar-refractivity contribution in [2.45, 2.75) is 0 Å². The topological polar surface area (TPSA) is 124 Å². The van der Waals surface area contributed by atoms with E-state index in [0.29, 0.717) is 16.0 Å². The van der Waals surface area contributed by atoms with Crippen molar-refractivity contribution in [3.63, 3.8) is 0 Å². The Bertz CT molecular complexity index is 1070. The van der Waals surface area contributed by atoms with Crippen LogP contribution in [-0.2, 0) is 0 Å². The molecule has 0 atom stereocenters. The standard InChI is InChI=1S/C14H8ClN5O4S2/c15-13-14(25-26-18-13)17-10-4-2-1-3-9(10)16-11-6-5-8(19(21)22)7-12(11)20(23)24/h1-7,16H. The second-order valence-electron chi connectivity index (χ2n) is 4.81. The van der Waals surface area contributed by atoms with Gasteiger partial charge in [0.2, 0.25) is 0 Å². The Balaban J connectivity index is 2.04. The van der Waals surface area contributed by atoms with Gasteiger partial charge in [0.25, 0.3) is 11.4 Å². The molecule has 3 rings (SSSR count). The van der Waals surface area contributed by atoms with Gasteiger partial charge in [-0.1, -0.05) is 23.7 Å². The number of hydrogen-bond donors (Lipinski definition) is 1. The number of aromatic nitrogens is 1. The molecule has 26 heavy (non-hydrogen) atoms. The lowest BCUT2D eigenvalue weighted by atomic mass is 10.2. The number of benzene rings is 2. The smallest absolute Gasteiger partial charge is 0.299 e. The summed E-state index contributed by atoms with van der Waals surface area (Å²) in [6.07, 6.45) is 0. The first kappa shape index (κ1) is 17.9. The van der Waals surface area contributed by atoms with Crippen LogP contribution in [0.5, 0.6) is 0 Å². The van der Waals surface area contributed by atoms with Crippen LogP contribution in [0.25, 0.3) is 0 Å². The molecule has 1 heterocycles. The molecule has 0 fully saturated rings. The number of non-ortho nitro benzene ring substituents is 1. The van der Waals surface area contributed by atoms with Crippen molar-refractivity contribution in [3.05, 3.63) is 72.5 Å². The summed E-state index contributed by atoms with van der Waals surface area (Å²) in [5, 5.41) is 25.3. The van der Waals surface area contributed by atoms with Crippen molar-refractivity contribution in [1.29, 1.82) is 0 Å². The Morgan fingerprint density at radius 2 is 1.85 bits per heavy atom. The van der Waals surface area contributed by atoms with E-state index in [2.05, 4.69) is 14.7 Å². The van der Waals surface area contributed by atoms with Gasteiger partial charge in [0.05, 0.1) is 27.3 Å². The molecule has 1 aromatic heterocycles. The van der Waals surface area contributed by atoms with Crippen molar-refractivity contribution in [2.24, 2.45) is 4.99 Å². The number of nitrogens with zero attached hydrogens (tertiary/aromatic N) is 4. The zero-order chi connectivity index (χ0) is 18.7. The second-order valence-corrected chi connectivity index (χ2v) is 7.00. The molecule has 0 aliphatic rings. The SMILES string of the molecule is O=[N+]([O-])c1ccc(Nc2ccccc2N=c2ssnc2Cl)c([N+](=O)[O-])c1. The minimum absolute atomic E-state index is 0.112. The fourth-order valence-electron chi connectivity index (χ4n) is 2.05. The molecule has 0 bridgehead atoms. The van der Waals surface area contributed by atoms with Crippen molar-refractivity contribution >= 4 is 60.9 Å². The molecule has 12 heteroatoms. The lowest BCUT2D eigenvalue weighted by Gasteiger charge is -2.09. The Morgan fingerprint density at radius 3 is 2.50 bits per heavy atom. The minimum Gasteiger partial charge on any atom is -0.348 e. The van der Waals surface area contributed by atoms with Gasteiger partial charge in [0.1, 0.15) is 5.69 Å². The van der Waals surface area contributed by atoms with Gasteiger partial charge in [0.15, 0.2) is 9.82 Å². The summed E-state index contributed by atoms with van der Waals surface area (Å²) >= 11 is 5.96. The van der Waals surface area contributed by atoms with Crippen LogP contribution in [0.3, 0.4) is 0 Å². The van der Waals surface area contributed by atoms with Crippen molar-refractivity contribution in [2.75, 3.05) is 5.32 Å². The van der Waals surface area contributed by atoms with Crippen molar-refractivity contribution in [1.82, 2.24) is 4.37 Å². The van der Waals surface area contributed by atoms with E-state index in [1.807, 2.05) is 0 Å². The fourth-order valence-corrected chi connectivity index (χ4v) is 4.03. The highest BCUT2D eigenvalue weighted by Gasteiger charge is 2.20. The Labute approximate surface area is 158 Å². The van der Waals surface area contributed by atoms with Gasteiger partial charge in [-0.25, -0.2) is 4.99 Å². The number of nitro groups is 2. The van der Waals surface area contributed by atoms with Crippen LogP contribution >= 0.6 is 32.5 Å². The average molecular weight is 410 g/mol. The number of halogens is 1. The normalized spacial score (nSPS) is 11.3. The highest BCUT2D eigenvalue weighted by molar-refractivity contribution is 7.66. The number of rotatable bonds is 5. The molecule has 1 N–H and O–H groups in total. The van der Waals surface area contributed by atoms with Gasteiger partial charge in [-0.3, -0.25) is 20.2 Å². The maximum absolute atomic E-state index is 11.3. The third-order valence-corrected chi connectivity index (χ3v) is 5.37. The molecular weight excluding hydrogens is 402 g/mol. The number of nitro benzene ring substituents is 2. The predicted octanol–water partition coefficient (Wildman–Crippen LogP) is 4.65.